The summed E-state index contributed by atoms with van der Waals surface area (Å²) < 4.78 is 17.8. The highest BCUT2D eigenvalue weighted by atomic mass is 16.7. The molecule has 6 N–H and O–H groups in total. The van der Waals surface area contributed by atoms with E-state index in [1.54, 1.807) is 6.08 Å². The van der Waals surface area contributed by atoms with Crippen LogP contribution in [0.15, 0.2) is 36.5 Å². The number of hydrogen-bond donors (Lipinski definition) is 6. The number of nitrogens with one attached hydrogen (secondary N) is 1. The number of unbranched alkanes of at least 4 members (excludes halogenated alkanes) is 50. The Morgan fingerprint density at radius 2 is 0.775 bits per heavy atom. The minimum atomic E-state index is -1.61. The van der Waals surface area contributed by atoms with Crippen molar-refractivity contribution in [1.29, 1.82) is 0 Å². The number of carbonyl (C=O) groups is 2. The molecule has 0 aliphatic carbocycles. The van der Waals surface area contributed by atoms with E-state index in [2.05, 4.69) is 50.4 Å². The van der Waals surface area contributed by atoms with Crippen LogP contribution in [0.25, 0.3) is 0 Å². The van der Waals surface area contributed by atoms with Crippen molar-refractivity contribution in [3.05, 3.63) is 36.5 Å². The standard InChI is InChI=1S/C78H147NO10/c1-4-7-10-13-16-19-22-25-27-29-31-33-34-35-36-37-38-39-41-43-45-48-51-54-57-60-63-66-73(83)89-76-75(85)74(84)72(67-80)88-78(76)87-68-69(70(81)64-61-58-55-52-49-46-24-21-18-15-12-9-6-3)79-77(86)71(82)65-62-59-56-53-50-47-44-42-40-32-30-28-26-23-20-17-14-11-8-5-2/h16,19,25,27,61,64,69-72,74-76,78,80-82,84-85H,4-15,17-18,20-24,26,28-60,62-63,65-68H2,1-3H3,(H,79,86)/b19-16-,27-25-,64-61+. The summed E-state index contributed by atoms with van der Waals surface area (Å²) in [5.74, 6) is -1.17. The second-order valence-electron chi connectivity index (χ2n) is 27.1. The predicted molar refractivity (Wildman–Crippen MR) is 375 cm³/mol. The number of ether oxygens (including phenoxy) is 3. The fraction of sp³-hybridized carbons (Fsp3) is 0.897. The van der Waals surface area contributed by atoms with E-state index >= 15 is 0 Å². The average molecular weight is 1260 g/mol. The molecular formula is C78H147NO10. The van der Waals surface area contributed by atoms with Gasteiger partial charge in [0.25, 0.3) is 0 Å². The Kier molecular flexibility index (Phi) is 62.9. The van der Waals surface area contributed by atoms with E-state index in [-0.39, 0.29) is 13.0 Å². The van der Waals surface area contributed by atoms with E-state index in [4.69, 9.17) is 14.2 Å². The van der Waals surface area contributed by atoms with E-state index < -0.39 is 67.4 Å². The molecule has 0 aromatic rings. The number of aliphatic hydroxyl groups excluding tert-OH is 5. The molecular weight excluding hydrogens is 1110 g/mol. The monoisotopic (exact) mass is 1260 g/mol. The van der Waals surface area contributed by atoms with Crippen LogP contribution < -0.4 is 5.32 Å². The number of carbonyl (C=O) groups excluding carboxylic acids is 2. The maximum Gasteiger partial charge on any atom is 0.306 e. The minimum absolute atomic E-state index is 0.128. The summed E-state index contributed by atoms with van der Waals surface area (Å²) in [5.41, 5.74) is 0. The molecule has 89 heavy (non-hydrogen) atoms. The highest BCUT2D eigenvalue weighted by Gasteiger charge is 2.47. The lowest BCUT2D eigenvalue weighted by Crippen LogP contribution is -2.61. The highest BCUT2D eigenvalue weighted by molar-refractivity contribution is 5.80. The third kappa shape index (κ3) is 52.9. The number of allylic oxidation sites excluding steroid dienone is 5. The van der Waals surface area contributed by atoms with Gasteiger partial charge in [-0.3, -0.25) is 9.59 Å². The Balaban J connectivity index is 2.51. The van der Waals surface area contributed by atoms with E-state index in [0.29, 0.717) is 19.3 Å². The van der Waals surface area contributed by atoms with Gasteiger partial charge in [-0.25, -0.2) is 0 Å². The fourth-order valence-electron chi connectivity index (χ4n) is 12.5. The zero-order chi connectivity index (χ0) is 64.6. The highest BCUT2D eigenvalue weighted by Crippen LogP contribution is 2.27. The summed E-state index contributed by atoms with van der Waals surface area (Å²) in [4.78, 5) is 26.8. The average Bonchev–Trinajstić information content (AvgIpc) is 1.85. The van der Waals surface area contributed by atoms with Gasteiger partial charge >= 0.3 is 5.97 Å². The van der Waals surface area contributed by atoms with Crippen LogP contribution in [0.4, 0.5) is 0 Å². The molecule has 1 aliphatic rings. The van der Waals surface area contributed by atoms with Gasteiger partial charge in [-0.1, -0.05) is 359 Å². The maximum absolute atomic E-state index is 13.5. The molecule has 1 rings (SSSR count). The molecule has 0 aromatic carbocycles. The SMILES string of the molecule is CCCCC/C=C\C/C=C\CCCCCCCCCCCCCCCCCCCC(=O)OC1C(OCC(NC(=O)C(O)CCCCCCCCCCCCCCCCCCCCCC)C(O)/C=C/CCCCCCCCCCCCC)OC(CO)C(O)C1O. The second-order valence-corrected chi connectivity index (χ2v) is 27.1. The zero-order valence-corrected chi connectivity index (χ0v) is 58.6. The van der Waals surface area contributed by atoms with Crippen LogP contribution in [0.2, 0.25) is 0 Å². The number of aliphatic hydroxyl groups is 5. The fourth-order valence-corrected chi connectivity index (χ4v) is 12.5. The molecule has 0 aromatic heterocycles. The molecule has 0 radical (unpaired) electrons. The summed E-state index contributed by atoms with van der Waals surface area (Å²) in [6.07, 6.45) is 71.9. The van der Waals surface area contributed by atoms with Gasteiger partial charge in [0.15, 0.2) is 12.4 Å². The number of amides is 1. The lowest BCUT2D eigenvalue weighted by Gasteiger charge is -2.41. The summed E-state index contributed by atoms with van der Waals surface area (Å²) in [7, 11) is 0. The summed E-state index contributed by atoms with van der Waals surface area (Å²) >= 11 is 0. The lowest BCUT2D eigenvalue weighted by molar-refractivity contribution is -0.305. The van der Waals surface area contributed by atoms with Crippen LogP contribution in [-0.2, 0) is 23.8 Å². The quantitative estimate of drug-likeness (QED) is 0.0195. The van der Waals surface area contributed by atoms with Crippen molar-refractivity contribution in [2.24, 2.45) is 0 Å². The predicted octanol–water partition coefficient (Wildman–Crippen LogP) is 20.5. The van der Waals surface area contributed by atoms with Gasteiger partial charge in [0.05, 0.1) is 25.4 Å². The molecule has 11 nitrogen and oxygen atoms in total. The molecule has 8 unspecified atom stereocenters. The van der Waals surface area contributed by atoms with E-state index in [1.165, 1.54) is 276 Å². The number of hydrogen-bond acceptors (Lipinski definition) is 10. The first kappa shape index (κ1) is 84.9. The Morgan fingerprint density at radius 1 is 0.438 bits per heavy atom. The molecule has 0 saturated carbocycles. The Bertz CT molecular complexity index is 1590. The smallest absolute Gasteiger partial charge is 0.306 e. The topological polar surface area (TPSA) is 175 Å². The molecule has 11 heteroatoms. The number of rotatable bonds is 68. The Hall–Kier alpha value is -2.12. The second kappa shape index (κ2) is 65.9. The van der Waals surface area contributed by atoms with E-state index in [0.717, 1.165) is 64.2 Å². The first-order valence-corrected chi connectivity index (χ1v) is 38.8. The maximum atomic E-state index is 13.5. The molecule has 524 valence electrons. The zero-order valence-electron chi connectivity index (χ0n) is 58.6. The number of esters is 1. The van der Waals surface area contributed by atoms with Crippen molar-refractivity contribution < 1.29 is 49.3 Å². The van der Waals surface area contributed by atoms with Crippen molar-refractivity contribution in [2.45, 2.75) is 436 Å². The first-order chi connectivity index (χ1) is 43.7. The van der Waals surface area contributed by atoms with Crippen molar-refractivity contribution in [2.75, 3.05) is 13.2 Å². The third-order valence-corrected chi connectivity index (χ3v) is 18.5. The van der Waals surface area contributed by atoms with Gasteiger partial charge in [0, 0.05) is 6.42 Å². The van der Waals surface area contributed by atoms with Crippen molar-refractivity contribution in [1.82, 2.24) is 5.32 Å². The molecule has 1 heterocycles. The van der Waals surface area contributed by atoms with Crippen LogP contribution in [0.3, 0.4) is 0 Å². The van der Waals surface area contributed by atoms with Gasteiger partial charge in [-0.2, -0.15) is 0 Å². The van der Waals surface area contributed by atoms with Crippen molar-refractivity contribution >= 4 is 11.9 Å². The minimum Gasteiger partial charge on any atom is -0.454 e. The van der Waals surface area contributed by atoms with Crippen molar-refractivity contribution in [3.8, 4) is 0 Å². The lowest BCUT2D eigenvalue weighted by atomic mass is 9.99. The van der Waals surface area contributed by atoms with Crippen LogP contribution in [-0.4, -0.2) is 99.6 Å². The third-order valence-electron chi connectivity index (χ3n) is 18.5. The molecule has 0 spiro atoms. The van der Waals surface area contributed by atoms with E-state index in [1.807, 2.05) is 6.08 Å². The molecule has 1 amide bonds. The van der Waals surface area contributed by atoms with Crippen LogP contribution in [0.5, 0.6) is 0 Å². The Labute approximate surface area is 549 Å². The van der Waals surface area contributed by atoms with E-state index in [9.17, 15) is 35.1 Å². The van der Waals surface area contributed by atoms with Gasteiger partial charge in [-0.15, -0.1) is 0 Å². The summed E-state index contributed by atoms with van der Waals surface area (Å²) in [5, 5.41) is 57.4. The largest absolute Gasteiger partial charge is 0.454 e. The molecule has 1 fully saturated rings. The molecule has 1 saturated heterocycles. The van der Waals surface area contributed by atoms with Crippen LogP contribution >= 0.6 is 0 Å². The summed E-state index contributed by atoms with van der Waals surface area (Å²) in [6.45, 7) is 5.84. The van der Waals surface area contributed by atoms with Gasteiger partial charge in [-0.05, 0) is 57.8 Å². The Morgan fingerprint density at radius 3 is 1.17 bits per heavy atom. The first-order valence-electron chi connectivity index (χ1n) is 38.8. The van der Waals surface area contributed by atoms with Gasteiger partial charge < -0.3 is 45.1 Å². The van der Waals surface area contributed by atoms with Crippen molar-refractivity contribution in [3.63, 3.8) is 0 Å². The molecule has 8 atom stereocenters. The normalized spacial score (nSPS) is 18.2. The summed E-state index contributed by atoms with van der Waals surface area (Å²) in [6, 6.07) is -1.02. The molecule has 0 bridgehead atoms. The van der Waals surface area contributed by atoms with Gasteiger partial charge in [0.2, 0.25) is 5.91 Å². The van der Waals surface area contributed by atoms with Gasteiger partial charge in [0.1, 0.15) is 24.4 Å². The molecule has 1 aliphatic heterocycles. The van der Waals surface area contributed by atoms with Crippen LogP contribution in [0.1, 0.15) is 387 Å². The van der Waals surface area contributed by atoms with Crippen LogP contribution in [0, 0.1) is 0 Å².